The van der Waals surface area contributed by atoms with Gasteiger partial charge in [0, 0.05) is 36.3 Å². The van der Waals surface area contributed by atoms with Gasteiger partial charge >= 0.3 is 12.0 Å². The number of carbonyl (C=O) groups is 4. The van der Waals surface area contributed by atoms with Crippen LogP contribution in [0.5, 0.6) is 11.8 Å². The molecule has 0 aliphatic carbocycles. The van der Waals surface area contributed by atoms with E-state index in [-0.39, 0.29) is 53.9 Å². The molecule has 4 atom stereocenters. The van der Waals surface area contributed by atoms with Crippen LogP contribution < -0.4 is 26.1 Å². The van der Waals surface area contributed by atoms with Gasteiger partial charge in [0.25, 0.3) is 16.0 Å². The highest BCUT2D eigenvalue weighted by molar-refractivity contribution is 8.00. The quantitative estimate of drug-likeness (QED) is 0.0523. The van der Waals surface area contributed by atoms with E-state index in [9.17, 15) is 37.8 Å². The summed E-state index contributed by atoms with van der Waals surface area (Å²) < 4.78 is 31.7. The topological polar surface area (TPSA) is 225 Å². The van der Waals surface area contributed by atoms with Crippen molar-refractivity contribution in [2.24, 2.45) is 0 Å². The Hall–Kier alpha value is -3.18. The smallest absolute Gasteiger partial charge is 0.333 e. The van der Waals surface area contributed by atoms with Crippen LogP contribution >= 0.6 is 11.8 Å². The molecule has 0 saturated carbocycles. The molecule has 17 heteroatoms. The number of fused-ring (bicyclic) bond motifs is 1. The summed E-state index contributed by atoms with van der Waals surface area (Å²) in [5.41, 5.74) is 0. The zero-order chi connectivity index (χ0) is 31.6. The molecule has 7 N–H and O–H groups in total. The Bertz CT molecular complexity index is 1260. The number of hydrogen-bond acceptors (Lipinski definition) is 10. The molecule has 15 nitrogen and oxygen atoms in total. The molecule has 3 heterocycles. The number of nitrogens with zero attached hydrogens (tertiary/aromatic N) is 1. The molecule has 1 aromatic rings. The van der Waals surface area contributed by atoms with E-state index in [1.165, 1.54) is 0 Å². The second-order valence-electron chi connectivity index (χ2n) is 10.7. The summed E-state index contributed by atoms with van der Waals surface area (Å²) in [5.74, 6) is -2.48. The number of carbonyl (C=O) groups excluding carboxylic acids is 4. The first-order chi connectivity index (χ1) is 20.4. The molecule has 43 heavy (non-hydrogen) atoms. The van der Waals surface area contributed by atoms with Crippen molar-refractivity contribution < 1.29 is 47.2 Å². The number of rotatable bonds is 18. The summed E-state index contributed by atoms with van der Waals surface area (Å²) in [6.45, 7) is 2.03. The number of urea groups is 1. The molecule has 0 aromatic carbocycles. The van der Waals surface area contributed by atoms with Crippen molar-refractivity contribution in [3.63, 3.8) is 0 Å². The highest BCUT2D eigenvalue weighted by Gasteiger charge is 2.42. The van der Waals surface area contributed by atoms with Crippen LogP contribution in [0.1, 0.15) is 84.0 Å². The van der Waals surface area contributed by atoms with E-state index in [0.29, 0.717) is 37.0 Å². The van der Waals surface area contributed by atoms with Gasteiger partial charge in [0.1, 0.15) is 6.17 Å². The highest BCUT2D eigenvalue weighted by atomic mass is 32.2. The minimum Gasteiger partial charge on any atom is -0.492 e. The van der Waals surface area contributed by atoms with E-state index >= 15 is 0 Å². The van der Waals surface area contributed by atoms with Crippen molar-refractivity contribution in [2.45, 2.75) is 112 Å². The van der Waals surface area contributed by atoms with Gasteiger partial charge in [0.15, 0.2) is 4.90 Å². The fourth-order valence-electron chi connectivity index (χ4n) is 5.02. The Morgan fingerprint density at radius 1 is 1.05 bits per heavy atom. The van der Waals surface area contributed by atoms with Crippen LogP contribution in [-0.2, 0) is 24.5 Å². The minimum atomic E-state index is -4.85. The molecule has 1 aromatic heterocycles. The minimum absolute atomic E-state index is 0.115. The Balaban J connectivity index is 1.42. The third kappa shape index (κ3) is 10.5. The number of aromatic nitrogens is 1. The fourth-order valence-corrected chi connectivity index (χ4v) is 7.13. The highest BCUT2D eigenvalue weighted by Crippen LogP contribution is 2.33. The van der Waals surface area contributed by atoms with Crippen LogP contribution in [0.25, 0.3) is 0 Å². The Labute approximate surface area is 254 Å². The first-order valence-electron chi connectivity index (χ1n) is 14.5. The molecule has 242 valence electrons. The molecular weight excluding hydrogens is 606 g/mol. The second kappa shape index (κ2) is 16.0. The van der Waals surface area contributed by atoms with Gasteiger partial charge in [0.2, 0.25) is 17.7 Å². The third-order valence-electron chi connectivity index (χ3n) is 7.23. The maximum atomic E-state index is 12.7. The van der Waals surface area contributed by atoms with Gasteiger partial charge < -0.3 is 36.3 Å². The van der Waals surface area contributed by atoms with Crippen LogP contribution in [0, 0.1) is 0 Å². The predicted molar refractivity (Wildman–Crippen MR) is 156 cm³/mol. The van der Waals surface area contributed by atoms with Gasteiger partial charge in [-0.2, -0.15) is 20.2 Å². The van der Waals surface area contributed by atoms with Gasteiger partial charge in [-0.3, -0.25) is 14.1 Å². The van der Waals surface area contributed by atoms with Crippen LogP contribution in [-0.4, -0.2) is 81.0 Å². The molecule has 2 aliphatic rings. The largest absolute Gasteiger partial charge is 0.492 e. The number of hydrogen-bond donors (Lipinski definition) is 7. The zero-order valence-electron chi connectivity index (χ0n) is 24.0. The molecule has 0 bridgehead atoms. The SMILES string of the molecule is CCCCCC(=O)NC(CCCCC(=O)On1c(O)cc(S(=O)(=O)O)c1O)NC(=O)CCCC[C@@H]1SC[C@@H]2NC(=O)N[C@@H]21. The molecule has 2 fully saturated rings. The van der Waals surface area contributed by atoms with Crippen molar-refractivity contribution in [1.29, 1.82) is 0 Å². The monoisotopic (exact) mass is 647 g/mol. The van der Waals surface area contributed by atoms with Crippen LogP contribution in [0.3, 0.4) is 0 Å². The second-order valence-corrected chi connectivity index (χ2v) is 13.3. The predicted octanol–water partition coefficient (Wildman–Crippen LogP) is 1.53. The van der Waals surface area contributed by atoms with Gasteiger partial charge in [0.05, 0.1) is 12.1 Å². The molecule has 0 spiro atoms. The number of thioether (sulfide) groups is 1. The van der Waals surface area contributed by atoms with E-state index in [0.717, 1.165) is 37.9 Å². The molecule has 2 saturated heterocycles. The van der Waals surface area contributed by atoms with Gasteiger partial charge in [-0.15, -0.1) is 4.73 Å². The lowest BCUT2D eigenvalue weighted by molar-refractivity contribution is -0.145. The molecular formula is C26H41N5O10S2. The molecule has 1 unspecified atom stereocenters. The van der Waals surface area contributed by atoms with Crippen molar-refractivity contribution in [1.82, 2.24) is 26.0 Å². The van der Waals surface area contributed by atoms with E-state index in [2.05, 4.69) is 21.3 Å². The molecule has 2 aliphatic heterocycles. The Kier molecular flexibility index (Phi) is 12.8. The summed E-state index contributed by atoms with van der Waals surface area (Å²) >= 11 is 1.82. The van der Waals surface area contributed by atoms with Crippen molar-refractivity contribution >= 4 is 45.7 Å². The number of amides is 4. The Morgan fingerprint density at radius 2 is 1.70 bits per heavy atom. The first-order valence-corrected chi connectivity index (χ1v) is 17.0. The van der Waals surface area contributed by atoms with E-state index in [1.54, 1.807) is 0 Å². The average molecular weight is 648 g/mol. The van der Waals surface area contributed by atoms with E-state index in [4.69, 9.17) is 9.39 Å². The lowest BCUT2D eigenvalue weighted by Crippen LogP contribution is -2.47. The van der Waals surface area contributed by atoms with Crippen LogP contribution in [0.4, 0.5) is 4.79 Å². The molecule has 4 amide bonds. The van der Waals surface area contributed by atoms with Crippen LogP contribution in [0.15, 0.2) is 11.0 Å². The zero-order valence-corrected chi connectivity index (χ0v) is 25.7. The lowest BCUT2D eigenvalue weighted by Gasteiger charge is -2.21. The fraction of sp³-hybridized carbons (Fsp3) is 0.692. The van der Waals surface area contributed by atoms with Crippen LogP contribution in [0.2, 0.25) is 0 Å². The van der Waals surface area contributed by atoms with Gasteiger partial charge in [-0.05, 0) is 38.5 Å². The van der Waals surface area contributed by atoms with Gasteiger partial charge in [-0.1, -0.05) is 26.2 Å². The van der Waals surface area contributed by atoms with E-state index in [1.807, 2.05) is 18.7 Å². The summed E-state index contributed by atoms with van der Waals surface area (Å²) in [6, 6.07) is 0.669. The number of nitrogens with one attached hydrogen (secondary N) is 4. The van der Waals surface area contributed by atoms with Crippen molar-refractivity contribution in [2.75, 3.05) is 5.75 Å². The lowest BCUT2D eigenvalue weighted by atomic mass is 10.0. The third-order valence-corrected chi connectivity index (χ3v) is 9.60. The first kappa shape index (κ1) is 34.3. The number of aromatic hydroxyl groups is 2. The van der Waals surface area contributed by atoms with E-state index < -0.39 is 38.9 Å². The normalized spacial score (nSPS) is 20.1. The average Bonchev–Trinajstić information content (AvgIpc) is 3.57. The molecule has 3 rings (SSSR count). The standard InChI is InChI=1S/C26H41N5O10S2/c1-2-3-4-11-20(32)28-19(29-21(33)12-7-5-9-17-24-16(15-42-17)27-26(37)30-24)10-6-8-13-23(35)41-31-22(34)14-18(25(31)36)43(38,39)40/h14,16-17,19,24,34,36H,2-13,15H2,1H3,(H,28,32)(H,29,33)(H2,27,30,37)(H,38,39,40)/t16-,17-,19?,24-/m0/s1. The maximum absolute atomic E-state index is 12.7. The summed E-state index contributed by atoms with van der Waals surface area (Å²) in [6.07, 6.45) is 5.73. The maximum Gasteiger partial charge on any atom is 0.333 e. The summed E-state index contributed by atoms with van der Waals surface area (Å²) in [5, 5.41) is 31.5. The Morgan fingerprint density at radius 3 is 2.33 bits per heavy atom. The van der Waals surface area contributed by atoms with Crippen molar-refractivity contribution in [3.8, 4) is 11.8 Å². The summed E-state index contributed by atoms with van der Waals surface area (Å²) in [7, 11) is -4.85. The van der Waals surface area contributed by atoms with Gasteiger partial charge in [-0.25, -0.2) is 9.59 Å². The molecule has 0 radical (unpaired) electrons. The number of unbranched alkanes of at least 4 members (excludes halogenated alkanes) is 4. The summed E-state index contributed by atoms with van der Waals surface area (Å²) in [4.78, 5) is 52.6. The van der Waals surface area contributed by atoms with Crippen molar-refractivity contribution in [3.05, 3.63) is 6.07 Å².